The third kappa shape index (κ3) is 4.55. The fourth-order valence-electron chi connectivity index (χ4n) is 3.39. The van der Waals surface area contributed by atoms with Crippen molar-refractivity contribution in [2.75, 3.05) is 13.1 Å². The number of aliphatic hydroxyl groups excluding tert-OH is 1. The fraction of sp³-hybridized carbons (Fsp3) is 1.00. The molecule has 0 heterocycles. The molecule has 1 fully saturated rings. The summed E-state index contributed by atoms with van der Waals surface area (Å²) in [5.41, 5.74) is 0. The monoisotopic (exact) mass is 255 g/mol. The van der Waals surface area contributed by atoms with Gasteiger partial charge < -0.3 is 10.0 Å². The summed E-state index contributed by atoms with van der Waals surface area (Å²) in [5.74, 6) is 1.36. The van der Waals surface area contributed by atoms with Gasteiger partial charge in [-0.3, -0.25) is 0 Å². The Hall–Kier alpha value is -0.0800. The van der Waals surface area contributed by atoms with Crippen molar-refractivity contribution in [3.05, 3.63) is 0 Å². The van der Waals surface area contributed by atoms with Gasteiger partial charge in [-0.05, 0) is 51.0 Å². The van der Waals surface area contributed by atoms with Crippen molar-refractivity contribution in [2.24, 2.45) is 11.8 Å². The predicted molar refractivity (Wildman–Crippen MR) is 78.7 cm³/mol. The van der Waals surface area contributed by atoms with Crippen LogP contribution < -0.4 is 0 Å². The van der Waals surface area contributed by atoms with Crippen LogP contribution in [0.15, 0.2) is 0 Å². The molecule has 108 valence electrons. The van der Waals surface area contributed by atoms with Crippen molar-refractivity contribution in [1.82, 2.24) is 4.90 Å². The van der Waals surface area contributed by atoms with E-state index >= 15 is 0 Å². The third-order valence-electron chi connectivity index (χ3n) is 4.84. The lowest BCUT2D eigenvalue weighted by atomic mass is 9.77. The van der Waals surface area contributed by atoms with E-state index in [0.717, 1.165) is 25.4 Å². The van der Waals surface area contributed by atoms with E-state index in [2.05, 4.69) is 32.6 Å². The van der Waals surface area contributed by atoms with Crippen LogP contribution in [0, 0.1) is 11.8 Å². The van der Waals surface area contributed by atoms with Crippen molar-refractivity contribution >= 4 is 0 Å². The van der Waals surface area contributed by atoms with Crippen molar-refractivity contribution in [3.8, 4) is 0 Å². The van der Waals surface area contributed by atoms with Crippen LogP contribution in [0.25, 0.3) is 0 Å². The standard InChI is InChI=1S/C16H33NO/c1-5-8-14-9-10-16(18)15(11-14)12-17(7-3)13(4)6-2/h13-16,18H,5-12H2,1-4H3. The smallest absolute Gasteiger partial charge is 0.0580 e. The molecule has 1 N–H and O–H groups in total. The molecule has 0 saturated heterocycles. The SMILES string of the molecule is CCCC1CCC(O)C(CN(CC)C(C)CC)C1. The Balaban J connectivity index is 2.51. The molecule has 2 nitrogen and oxygen atoms in total. The summed E-state index contributed by atoms with van der Waals surface area (Å²) in [5, 5.41) is 10.2. The molecule has 4 atom stereocenters. The van der Waals surface area contributed by atoms with E-state index in [1.807, 2.05) is 0 Å². The molecule has 18 heavy (non-hydrogen) atoms. The maximum absolute atomic E-state index is 10.2. The number of rotatable bonds is 7. The summed E-state index contributed by atoms with van der Waals surface area (Å²) >= 11 is 0. The molecule has 1 rings (SSSR count). The van der Waals surface area contributed by atoms with Gasteiger partial charge in [-0.15, -0.1) is 0 Å². The average Bonchev–Trinajstić information content (AvgIpc) is 2.38. The predicted octanol–water partition coefficient (Wildman–Crippen LogP) is 3.68. The first-order valence-corrected chi connectivity index (χ1v) is 8.04. The van der Waals surface area contributed by atoms with Gasteiger partial charge in [-0.25, -0.2) is 0 Å². The van der Waals surface area contributed by atoms with Gasteiger partial charge in [0.2, 0.25) is 0 Å². The van der Waals surface area contributed by atoms with E-state index in [9.17, 15) is 5.11 Å². The highest BCUT2D eigenvalue weighted by Gasteiger charge is 2.30. The van der Waals surface area contributed by atoms with Crippen LogP contribution in [-0.4, -0.2) is 35.2 Å². The number of hydrogen-bond donors (Lipinski definition) is 1. The normalized spacial score (nSPS) is 30.7. The molecule has 1 saturated carbocycles. The highest BCUT2D eigenvalue weighted by molar-refractivity contribution is 4.82. The van der Waals surface area contributed by atoms with Gasteiger partial charge in [0.05, 0.1) is 6.10 Å². The lowest BCUT2D eigenvalue weighted by molar-refractivity contribution is 0.0195. The number of aliphatic hydroxyl groups is 1. The quantitative estimate of drug-likeness (QED) is 0.750. The van der Waals surface area contributed by atoms with E-state index in [1.54, 1.807) is 0 Å². The highest BCUT2D eigenvalue weighted by Crippen LogP contribution is 2.33. The minimum absolute atomic E-state index is 0.0591. The van der Waals surface area contributed by atoms with Crippen LogP contribution in [0.4, 0.5) is 0 Å². The number of hydrogen-bond acceptors (Lipinski definition) is 2. The zero-order valence-corrected chi connectivity index (χ0v) is 12.9. The van der Waals surface area contributed by atoms with Crippen LogP contribution in [0.1, 0.15) is 66.2 Å². The molecule has 0 aromatic carbocycles. The van der Waals surface area contributed by atoms with Gasteiger partial charge in [-0.1, -0.05) is 33.6 Å². The van der Waals surface area contributed by atoms with Crippen LogP contribution in [0.5, 0.6) is 0 Å². The van der Waals surface area contributed by atoms with Crippen molar-refractivity contribution in [2.45, 2.75) is 78.4 Å². The minimum atomic E-state index is -0.0591. The van der Waals surface area contributed by atoms with Gasteiger partial charge in [0, 0.05) is 12.6 Å². The molecule has 0 radical (unpaired) electrons. The van der Waals surface area contributed by atoms with E-state index in [4.69, 9.17) is 0 Å². The average molecular weight is 255 g/mol. The first-order chi connectivity index (χ1) is 8.62. The van der Waals surface area contributed by atoms with Crippen molar-refractivity contribution in [1.29, 1.82) is 0 Å². The highest BCUT2D eigenvalue weighted by atomic mass is 16.3. The largest absolute Gasteiger partial charge is 0.393 e. The summed E-state index contributed by atoms with van der Waals surface area (Å²) < 4.78 is 0. The number of nitrogens with zero attached hydrogens (tertiary/aromatic N) is 1. The Morgan fingerprint density at radius 2 is 1.94 bits per heavy atom. The topological polar surface area (TPSA) is 23.5 Å². The molecule has 0 aromatic rings. The second kappa shape index (κ2) is 8.16. The van der Waals surface area contributed by atoms with E-state index in [-0.39, 0.29) is 6.10 Å². The van der Waals surface area contributed by atoms with Crippen LogP contribution >= 0.6 is 0 Å². The second-order valence-electron chi connectivity index (χ2n) is 6.14. The fourth-order valence-corrected chi connectivity index (χ4v) is 3.39. The van der Waals surface area contributed by atoms with Crippen molar-refractivity contribution in [3.63, 3.8) is 0 Å². The summed E-state index contributed by atoms with van der Waals surface area (Å²) in [6, 6.07) is 0.647. The summed E-state index contributed by atoms with van der Waals surface area (Å²) in [6.45, 7) is 11.3. The lowest BCUT2D eigenvalue weighted by Gasteiger charge is -2.38. The Bertz CT molecular complexity index is 219. The maximum atomic E-state index is 10.2. The zero-order valence-electron chi connectivity index (χ0n) is 12.9. The summed E-state index contributed by atoms with van der Waals surface area (Å²) in [6.07, 6.45) is 7.27. The summed E-state index contributed by atoms with van der Waals surface area (Å²) in [7, 11) is 0. The van der Waals surface area contributed by atoms with Crippen LogP contribution in [0.3, 0.4) is 0 Å². The molecule has 0 aliphatic heterocycles. The molecule has 2 heteroatoms. The Labute approximate surface area is 114 Å². The molecular formula is C16H33NO. The molecule has 0 amide bonds. The first-order valence-electron chi connectivity index (χ1n) is 8.04. The molecule has 0 spiro atoms. The molecular weight excluding hydrogens is 222 g/mol. The van der Waals surface area contributed by atoms with E-state index in [0.29, 0.717) is 12.0 Å². The zero-order chi connectivity index (χ0) is 13.5. The molecule has 1 aliphatic rings. The first kappa shape index (κ1) is 16.0. The van der Waals surface area contributed by atoms with E-state index in [1.165, 1.54) is 32.1 Å². The second-order valence-corrected chi connectivity index (χ2v) is 6.14. The maximum Gasteiger partial charge on any atom is 0.0580 e. The van der Waals surface area contributed by atoms with Crippen molar-refractivity contribution < 1.29 is 5.11 Å². The van der Waals surface area contributed by atoms with Gasteiger partial charge in [0.1, 0.15) is 0 Å². The molecule has 0 aromatic heterocycles. The lowest BCUT2D eigenvalue weighted by Crippen LogP contribution is -2.42. The van der Waals surface area contributed by atoms with Gasteiger partial charge >= 0.3 is 0 Å². The van der Waals surface area contributed by atoms with Gasteiger partial charge in [0.25, 0.3) is 0 Å². The van der Waals surface area contributed by atoms with Gasteiger partial charge in [0.15, 0.2) is 0 Å². The van der Waals surface area contributed by atoms with Crippen LogP contribution in [0.2, 0.25) is 0 Å². The summed E-state index contributed by atoms with van der Waals surface area (Å²) in [4.78, 5) is 2.54. The van der Waals surface area contributed by atoms with E-state index < -0.39 is 0 Å². The minimum Gasteiger partial charge on any atom is -0.393 e. The van der Waals surface area contributed by atoms with Gasteiger partial charge in [-0.2, -0.15) is 0 Å². The molecule has 1 aliphatic carbocycles. The Morgan fingerprint density at radius 3 is 2.50 bits per heavy atom. The third-order valence-corrected chi connectivity index (χ3v) is 4.84. The molecule has 4 unspecified atom stereocenters. The molecule has 0 bridgehead atoms. The Morgan fingerprint density at radius 1 is 1.22 bits per heavy atom. The Kier molecular flexibility index (Phi) is 7.25. The van der Waals surface area contributed by atoms with Crippen LogP contribution in [-0.2, 0) is 0 Å².